The lowest BCUT2D eigenvalue weighted by atomic mass is 10.1. The van der Waals surface area contributed by atoms with Crippen molar-refractivity contribution >= 4 is 9.84 Å². The molecule has 2 rings (SSSR count). The van der Waals surface area contributed by atoms with Crippen LogP contribution >= 0.6 is 0 Å². The zero-order valence-electron chi connectivity index (χ0n) is 11.7. The van der Waals surface area contributed by atoms with Gasteiger partial charge in [-0.3, -0.25) is 0 Å². The Morgan fingerprint density at radius 2 is 2.05 bits per heavy atom. The third-order valence-electron chi connectivity index (χ3n) is 3.61. The molecule has 0 aromatic heterocycles. The van der Waals surface area contributed by atoms with Crippen molar-refractivity contribution in [1.29, 1.82) is 0 Å². The van der Waals surface area contributed by atoms with E-state index in [4.69, 9.17) is 15.2 Å². The number of rotatable bonds is 5. The zero-order valence-corrected chi connectivity index (χ0v) is 12.5. The molecule has 112 valence electrons. The molecule has 5 nitrogen and oxygen atoms in total. The molecule has 1 aliphatic heterocycles. The molecule has 0 radical (unpaired) electrons. The monoisotopic (exact) mass is 299 g/mol. The van der Waals surface area contributed by atoms with Crippen LogP contribution in [-0.4, -0.2) is 34.0 Å². The average molecular weight is 299 g/mol. The van der Waals surface area contributed by atoms with Gasteiger partial charge in [0.1, 0.15) is 5.75 Å². The van der Waals surface area contributed by atoms with Gasteiger partial charge >= 0.3 is 0 Å². The summed E-state index contributed by atoms with van der Waals surface area (Å²) in [6.45, 7) is 1.38. The van der Waals surface area contributed by atoms with Crippen molar-refractivity contribution in [3.63, 3.8) is 0 Å². The van der Waals surface area contributed by atoms with Crippen LogP contribution in [0.15, 0.2) is 18.2 Å². The molecule has 1 fully saturated rings. The van der Waals surface area contributed by atoms with Crippen LogP contribution in [0.2, 0.25) is 0 Å². The summed E-state index contributed by atoms with van der Waals surface area (Å²) in [6.07, 6.45) is 1.17. The van der Waals surface area contributed by atoms with E-state index in [1.54, 1.807) is 19.2 Å². The largest absolute Gasteiger partial charge is 0.496 e. The number of hydrogen-bond donors (Lipinski definition) is 1. The molecule has 0 atom stereocenters. The van der Waals surface area contributed by atoms with Crippen LogP contribution in [-0.2, 0) is 26.9 Å². The van der Waals surface area contributed by atoms with Crippen molar-refractivity contribution < 1.29 is 17.9 Å². The average Bonchev–Trinajstić information content (AvgIpc) is 2.47. The molecular weight excluding hydrogens is 278 g/mol. The summed E-state index contributed by atoms with van der Waals surface area (Å²) >= 11 is 0. The number of sulfone groups is 1. The summed E-state index contributed by atoms with van der Waals surface area (Å²) in [5.41, 5.74) is 7.24. The fraction of sp³-hybridized carbons (Fsp3) is 0.571. The van der Waals surface area contributed by atoms with E-state index in [1.807, 2.05) is 6.07 Å². The summed E-state index contributed by atoms with van der Waals surface area (Å²) in [4.78, 5) is 0. The predicted octanol–water partition coefficient (Wildman–Crippen LogP) is 1.25. The van der Waals surface area contributed by atoms with E-state index in [0.717, 1.165) is 11.1 Å². The van der Waals surface area contributed by atoms with E-state index in [0.29, 0.717) is 38.3 Å². The quantitative estimate of drug-likeness (QED) is 0.885. The van der Waals surface area contributed by atoms with Crippen molar-refractivity contribution in [2.75, 3.05) is 20.3 Å². The fourth-order valence-corrected chi connectivity index (χ4v) is 4.26. The highest BCUT2D eigenvalue weighted by Crippen LogP contribution is 2.24. The molecule has 1 heterocycles. The molecule has 1 aliphatic rings. The standard InChI is InChI=1S/C14H21NO4S/c1-18-14-3-2-11(8-12(14)9-15)10-20(16,17)13-4-6-19-7-5-13/h2-3,8,13H,4-7,9-10,15H2,1H3. The molecule has 6 heteroatoms. The van der Waals surface area contributed by atoms with Crippen LogP contribution in [0.3, 0.4) is 0 Å². The number of ether oxygens (including phenoxy) is 2. The van der Waals surface area contributed by atoms with Gasteiger partial charge in [-0.15, -0.1) is 0 Å². The van der Waals surface area contributed by atoms with Gasteiger partial charge in [0.15, 0.2) is 9.84 Å². The highest BCUT2D eigenvalue weighted by atomic mass is 32.2. The molecule has 0 amide bonds. The van der Waals surface area contributed by atoms with Crippen molar-refractivity contribution in [2.45, 2.75) is 30.4 Å². The maximum Gasteiger partial charge on any atom is 0.157 e. The lowest BCUT2D eigenvalue weighted by Gasteiger charge is -2.22. The van der Waals surface area contributed by atoms with Gasteiger partial charge in [0.25, 0.3) is 0 Å². The summed E-state index contributed by atoms with van der Waals surface area (Å²) in [5.74, 6) is 0.744. The van der Waals surface area contributed by atoms with Gasteiger partial charge in [-0.2, -0.15) is 0 Å². The minimum Gasteiger partial charge on any atom is -0.496 e. The van der Waals surface area contributed by atoms with E-state index in [-0.39, 0.29) is 11.0 Å². The van der Waals surface area contributed by atoms with Gasteiger partial charge in [-0.05, 0) is 30.5 Å². The number of benzene rings is 1. The van der Waals surface area contributed by atoms with Crippen molar-refractivity contribution in [3.05, 3.63) is 29.3 Å². The van der Waals surface area contributed by atoms with Gasteiger partial charge in [0, 0.05) is 25.3 Å². The zero-order chi connectivity index (χ0) is 14.6. The molecule has 0 spiro atoms. The first-order valence-electron chi connectivity index (χ1n) is 6.72. The molecule has 0 bridgehead atoms. The Balaban J connectivity index is 2.16. The normalized spacial score (nSPS) is 17.1. The van der Waals surface area contributed by atoms with E-state index in [2.05, 4.69) is 0 Å². The minimum atomic E-state index is -3.14. The lowest BCUT2D eigenvalue weighted by Crippen LogP contribution is -2.29. The van der Waals surface area contributed by atoms with E-state index >= 15 is 0 Å². The summed E-state index contributed by atoms with van der Waals surface area (Å²) < 4.78 is 35.2. The van der Waals surface area contributed by atoms with E-state index < -0.39 is 9.84 Å². The first-order valence-corrected chi connectivity index (χ1v) is 8.43. The van der Waals surface area contributed by atoms with Crippen LogP contribution in [0.4, 0.5) is 0 Å². The third-order valence-corrected chi connectivity index (χ3v) is 5.83. The fourth-order valence-electron chi connectivity index (χ4n) is 2.47. The third kappa shape index (κ3) is 3.50. The number of nitrogens with two attached hydrogens (primary N) is 1. The summed E-state index contributed by atoms with van der Waals surface area (Å²) in [6, 6.07) is 5.38. The van der Waals surface area contributed by atoms with Crippen molar-refractivity contribution in [1.82, 2.24) is 0 Å². The topological polar surface area (TPSA) is 78.6 Å². The van der Waals surface area contributed by atoms with Gasteiger partial charge < -0.3 is 15.2 Å². The Kier molecular flexibility index (Phi) is 5.01. The second-order valence-corrected chi connectivity index (χ2v) is 7.25. The smallest absolute Gasteiger partial charge is 0.157 e. The first-order chi connectivity index (χ1) is 9.56. The van der Waals surface area contributed by atoms with Gasteiger partial charge in [-0.1, -0.05) is 6.07 Å². The number of hydrogen-bond acceptors (Lipinski definition) is 5. The molecule has 1 saturated heterocycles. The van der Waals surface area contributed by atoms with E-state index in [1.165, 1.54) is 0 Å². The van der Waals surface area contributed by atoms with Crippen LogP contribution in [0.1, 0.15) is 24.0 Å². The molecule has 0 unspecified atom stereocenters. The Labute approximate surface area is 120 Å². The molecule has 20 heavy (non-hydrogen) atoms. The lowest BCUT2D eigenvalue weighted by molar-refractivity contribution is 0.0983. The SMILES string of the molecule is COc1ccc(CS(=O)(=O)C2CCOCC2)cc1CN. The molecule has 0 aliphatic carbocycles. The predicted molar refractivity (Wildman–Crippen MR) is 77.4 cm³/mol. The van der Waals surface area contributed by atoms with Crippen molar-refractivity contribution in [3.8, 4) is 5.75 Å². The Morgan fingerprint density at radius 3 is 2.65 bits per heavy atom. The van der Waals surface area contributed by atoms with Crippen molar-refractivity contribution in [2.24, 2.45) is 5.73 Å². The minimum absolute atomic E-state index is 0.0503. The molecule has 1 aromatic carbocycles. The molecule has 1 aromatic rings. The maximum absolute atomic E-state index is 12.4. The van der Waals surface area contributed by atoms with Gasteiger partial charge in [0.2, 0.25) is 0 Å². The molecule has 0 saturated carbocycles. The van der Waals surface area contributed by atoms with Gasteiger partial charge in [0.05, 0.1) is 18.1 Å². The first kappa shape index (κ1) is 15.3. The Morgan fingerprint density at radius 1 is 1.35 bits per heavy atom. The highest BCUT2D eigenvalue weighted by Gasteiger charge is 2.27. The second-order valence-electron chi connectivity index (χ2n) is 4.97. The Hall–Kier alpha value is -1.11. The van der Waals surface area contributed by atoms with Crippen LogP contribution < -0.4 is 10.5 Å². The Bertz CT molecular complexity index is 550. The highest BCUT2D eigenvalue weighted by molar-refractivity contribution is 7.91. The van der Waals surface area contributed by atoms with E-state index in [9.17, 15) is 8.42 Å². The number of methoxy groups -OCH3 is 1. The molecule has 2 N–H and O–H groups in total. The molecular formula is C14H21NO4S. The summed E-state index contributed by atoms with van der Waals surface area (Å²) in [7, 11) is -1.57. The van der Waals surface area contributed by atoms with Crippen LogP contribution in [0.5, 0.6) is 5.75 Å². The van der Waals surface area contributed by atoms with Gasteiger partial charge in [-0.25, -0.2) is 8.42 Å². The second kappa shape index (κ2) is 6.56. The maximum atomic E-state index is 12.4. The van der Waals surface area contributed by atoms with Crippen LogP contribution in [0, 0.1) is 0 Å². The van der Waals surface area contributed by atoms with Crippen LogP contribution in [0.25, 0.3) is 0 Å². The summed E-state index contributed by atoms with van der Waals surface area (Å²) in [5, 5.41) is -0.292.